The SMILES string of the molecule is NCc1ccc(-c2cccc(O)c2)nc1. The molecular formula is C12H12N2O. The van der Waals surface area contributed by atoms with Crippen LogP contribution in [0.15, 0.2) is 42.6 Å². The van der Waals surface area contributed by atoms with Crippen molar-refractivity contribution in [3.63, 3.8) is 0 Å². The van der Waals surface area contributed by atoms with Crippen molar-refractivity contribution in [2.45, 2.75) is 6.54 Å². The van der Waals surface area contributed by atoms with E-state index in [0.717, 1.165) is 16.8 Å². The molecule has 0 saturated heterocycles. The van der Waals surface area contributed by atoms with E-state index >= 15 is 0 Å². The van der Waals surface area contributed by atoms with E-state index in [2.05, 4.69) is 4.98 Å². The topological polar surface area (TPSA) is 59.1 Å². The molecule has 2 aromatic rings. The van der Waals surface area contributed by atoms with Crippen molar-refractivity contribution in [3.05, 3.63) is 48.2 Å². The van der Waals surface area contributed by atoms with Crippen LogP contribution in [0.5, 0.6) is 5.75 Å². The van der Waals surface area contributed by atoms with Gasteiger partial charge < -0.3 is 10.8 Å². The smallest absolute Gasteiger partial charge is 0.116 e. The normalized spacial score (nSPS) is 10.2. The summed E-state index contributed by atoms with van der Waals surface area (Å²) in [7, 11) is 0. The Morgan fingerprint density at radius 3 is 2.67 bits per heavy atom. The van der Waals surface area contributed by atoms with Gasteiger partial charge in [0.2, 0.25) is 0 Å². The average molecular weight is 200 g/mol. The van der Waals surface area contributed by atoms with E-state index in [1.165, 1.54) is 0 Å². The molecule has 0 radical (unpaired) electrons. The van der Waals surface area contributed by atoms with Gasteiger partial charge in [-0.25, -0.2) is 0 Å². The van der Waals surface area contributed by atoms with Gasteiger partial charge in [0.05, 0.1) is 5.69 Å². The Balaban J connectivity index is 2.37. The summed E-state index contributed by atoms with van der Waals surface area (Å²) in [4.78, 5) is 4.27. The van der Waals surface area contributed by atoms with Crippen LogP contribution in [-0.2, 0) is 6.54 Å². The van der Waals surface area contributed by atoms with Crippen LogP contribution in [0.2, 0.25) is 0 Å². The second-order valence-electron chi connectivity index (χ2n) is 3.31. The molecule has 1 heterocycles. The quantitative estimate of drug-likeness (QED) is 0.778. The minimum atomic E-state index is 0.247. The summed E-state index contributed by atoms with van der Waals surface area (Å²) in [5, 5.41) is 9.33. The lowest BCUT2D eigenvalue weighted by molar-refractivity contribution is 0.475. The Labute approximate surface area is 88.2 Å². The van der Waals surface area contributed by atoms with E-state index in [4.69, 9.17) is 5.73 Å². The molecular weight excluding hydrogens is 188 g/mol. The van der Waals surface area contributed by atoms with Crippen LogP contribution in [0.1, 0.15) is 5.56 Å². The molecule has 15 heavy (non-hydrogen) atoms. The summed E-state index contributed by atoms with van der Waals surface area (Å²) in [6, 6.07) is 10.9. The van der Waals surface area contributed by atoms with Gasteiger partial charge in [0.25, 0.3) is 0 Å². The predicted molar refractivity (Wildman–Crippen MR) is 59.2 cm³/mol. The molecule has 0 atom stereocenters. The van der Waals surface area contributed by atoms with Crippen LogP contribution in [0.4, 0.5) is 0 Å². The Kier molecular flexibility index (Phi) is 2.65. The molecule has 1 aromatic heterocycles. The third-order valence-corrected chi connectivity index (χ3v) is 2.20. The van der Waals surface area contributed by atoms with Crippen molar-refractivity contribution in [2.75, 3.05) is 0 Å². The highest BCUT2D eigenvalue weighted by Gasteiger charge is 1.99. The van der Waals surface area contributed by atoms with E-state index in [1.54, 1.807) is 24.4 Å². The number of aromatic hydroxyl groups is 1. The van der Waals surface area contributed by atoms with Gasteiger partial charge in [-0.1, -0.05) is 18.2 Å². The highest BCUT2D eigenvalue weighted by Crippen LogP contribution is 2.21. The van der Waals surface area contributed by atoms with Crippen molar-refractivity contribution in [2.24, 2.45) is 5.73 Å². The highest BCUT2D eigenvalue weighted by molar-refractivity contribution is 5.60. The lowest BCUT2D eigenvalue weighted by Crippen LogP contribution is -1.96. The first-order chi connectivity index (χ1) is 7.29. The van der Waals surface area contributed by atoms with Gasteiger partial charge in [-0.3, -0.25) is 4.98 Å². The number of hydrogen-bond donors (Lipinski definition) is 2. The first kappa shape index (κ1) is 9.68. The second kappa shape index (κ2) is 4.11. The van der Waals surface area contributed by atoms with E-state index < -0.39 is 0 Å². The van der Waals surface area contributed by atoms with Crippen LogP contribution >= 0.6 is 0 Å². The number of benzene rings is 1. The van der Waals surface area contributed by atoms with Crippen molar-refractivity contribution in [1.29, 1.82) is 0 Å². The minimum absolute atomic E-state index is 0.247. The number of nitrogens with zero attached hydrogens (tertiary/aromatic N) is 1. The average Bonchev–Trinajstić information content (AvgIpc) is 2.29. The van der Waals surface area contributed by atoms with E-state index in [1.807, 2.05) is 18.2 Å². The summed E-state index contributed by atoms with van der Waals surface area (Å²) in [6.45, 7) is 0.493. The molecule has 0 saturated carbocycles. The minimum Gasteiger partial charge on any atom is -0.508 e. The number of rotatable bonds is 2. The van der Waals surface area contributed by atoms with Gasteiger partial charge in [0.1, 0.15) is 5.75 Å². The number of pyridine rings is 1. The van der Waals surface area contributed by atoms with Crippen molar-refractivity contribution in [1.82, 2.24) is 4.98 Å². The van der Waals surface area contributed by atoms with E-state index in [0.29, 0.717) is 6.54 Å². The molecule has 3 nitrogen and oxygen atoms in total. The fourth-order valence-electron chi connectivity index (χ4n) is 1.38. The highest BCUT2D eigenvalue weighted by atomic mass is 16.3. The van der Waals surface area contributed by atoms with Crippen LogP contribution in [0.3, 0.4) is 0 Å². The van der Waals surface area contributed by atoms with Gasteiger partial charge in [-0.2, -0.15) is 0 Å². The number of nitrogens with two attached hydrogens (primary N) is 1. The first-order valence-electron chi connectivity index (χ1n) is 4.74. The molecule has 3 heteroatoms. The lowest BCUT2D eigenvalue weighted by atomic mass is 10.1. The summed E-state index contributed by atoms with van der Waals surface area (Å²) in [5.41, 5.74) is 8.22. The van der Waals surface area contributed by atoms with E-state index in [-0.39, 0.29) is 5.75 Å². The van der Waals surface area contributed by atoms with Gasteiger partial charge >= 0.3 is 0 Å². The molecule has 2 rings (SSSR count). The number of phenols is 1. The van der Waals surface area contributed by atoms with Crippen molar-refractivity contribution in [3.8, 4) is 17.0 Å². The Morgan fingerprint density at radius 1 is 1.20 bits per heavy atom. The zero-order chi connectivity index (χ0) is 10.7. The van der Waals surface area contributed by atoms with Crippen LogP contribution in [-0.4, -0.2) is 10.1 Å². The van der Waals surface area contributed by atoms with Crippen LogP contribution in [0.25, 0.3) is 11.3 Å². The van der Waals surface area contributed by atoms with Gasteiger partial charge in [0, 0.05) is 18.3 Å². The number of aromatic nitrogens is 1. The summed E-state index contributed by atoms with van der Waals surface area (Å²) >= 11 is 0. The Hall–Kier alpha value is -1.87. The molecule has 0 aliphatic rings. The first-order valence-corrected chi connectivity index (χ1v) is 4.74. The molecule has 3 N–H and O–H groups in total. The molecule has 0 fully saturated rings. The van der Waals surface area contributed by atoms with Crippen molar-refractivity contribution < 1.29 is 5.11 Å². The predicted octanol–water partition coefficient (Wildman–Crippen LogP) is 1.91. The lowest BCUT2D eigenvalue weighted by Gasteiger charge is -2.02. The summed E-state index contributed by atoms with van der Waals surface area (Å²) < 4.78 is 0. The molecule has 0 bridgehead atoms. The van der Waals surface area contributed by atoms with Crippen molar-refractivity contribution >= 4 is 0 Å². The third kappa shape index (κ3) is 2.14. The largest absolute Gasteiger partial charge is 0.508 e. The zero-order valence-corrected chi connectivity index (χ0v) is 8.22. The van der Waals surface area contributed by atoms with Gasteiger partial charge in [-0.05, 0) is 23.8 Å². The number of hydrogen-bond acceptors (Lipinski definition) is 3. The zero-order valence-electron chi connectivity index (χ0n) is 8.22. The van der Waals surface area contributed by atoms with E-state index in [9.17, 15) is 5.11 Å². The maximum absolute atomic E-state index is 9.33. The molecule has 0 spiro atoms. The Morgan fingerprint density at radius 2 is 2.07 bits per heavy atom. The molecule has 1 aromatic carbocycles. The summed E-state index contributed by atoms with van der Waals surface area (Å²) in [5.74, 6) is 0.247. The monoisotopic (exact) mass is 200 g/mol. The Bertz CT molecular complexity index is 451. The van der Waals surface area contributed by atoms with Crippen LogP contribution in [0, 0.1) is 0 Å². The van der Waals surface area contributed by atoms with Crippen LogP contribution < -0.4 is 5.73 Å². The molecule has 0 aliphatic carbocycles. The maximum Gasteiger partial charge on any atom is 0.116 e. The van der Waals surface area contributed by atoms with Gasteiger partial charge in [0.15, 0.2) is 0 Å². The van der Waals surface area contributed by atoms with Gasteiger partial charge in [-0.15, -0.1) is 0 Å². The molecule has 0 aliphatic heterocycles. The maximum atomic E-state index is 9.33. The third-order valence-electron chi connectivity index (χ3n) is 2.20. The number of phenolic OH excluding ortho intramolecular Hbond substituents is 1. The fourth-order valence-corrected chi connectivity index (χ4v) is 1.38. The molecule has 76 valence electrons. The molecule has 0 unspecified atom stereocenters. The fraction of sp³-hybridized carbons (Fsp3) is 0.0833. The standard InChI is InChI=1S/C12H12N2O/c13-7-9-4-5-12(14-8-9)10-2-1-3-11(15)6-10/h1-6,8,15H,7,13H2. The second-order valence-corrected chi connectivity index (χ2v) is 3.31. The summed E-state index contributed by atoms with van der Waals surface area (Å²) in [6.07, 6.45) is 1.75. The molecule has 0 amide bonds.